The molecule has 0 aliphatic rings. The number of nitrogens with zero attached hydrogens (tertiary/aromatic N) is 3. The molecule has 4 aromatic rings. The Kier molecular flexibility index (Phi) is 5.82. The minimum Gasteiger partial charge on any atom is -0.451 e. The summed E-state index contributed by atoms with van der Waals surface area (Å²) in [7, 11) is 0. The molecule has 2 heterocycles. The molecule has 8 heteroatoms. The van der Waals surface area contributed by atoms with E-state index in [-0.39, 0.29) is 11.7 Å². The van der Waals surface area contributed by atoms with Crippen LogP contribution in [0.1, 0.15) is 21.9 Å². The van der Waals surface area contributed by atoms with E-state index in [0.717, 1.165) is 15.8 Å². The molecule has 2 aromatic heterocycles. The van der Waals surface area contributed by atoms with Gasteiger partial charge >= 0.3 is 5.91 Å². The van der Waals surface area contributed by atoms with Crippen molar-refractivity contribution >= 4 is 33.6 Å². The molecule has 6 nitrogen and oxygen atoms in total. The number of rotatable bonds is 6. The lowest BCUT2D eigenvalue weighted by atomic mass is 10.2. The van der Waals surface area contributed by atoms with Gasteiger partial charge in [-0.25, -0.2) is 4.68 Å². The molecule has 0 spiro atoms. The van der Waals surface area contributed by atoms with Gasteiger partial charge in [-0.05, 0) is 36.8 Å². The monoisotopic (exact) mass is 468 g/mol. The molecule has 0 aliphatic heterocycles. The van der Waals surface area contributed by atoms with Gasteiger partial charge in [0.25, 0.3) is 0 Å². The number of hydrogen-bond donors (Lipinski definition) is 1. The molecule has 0 saturated heterocycles. The maximum atomic E-state index is 12.7. The number of hydrogen-bond acceptors (Lipinski definition) is 5. The number of amides is 1. The summed E-state index contributed by atoms with van der Waals surface area (Å²) < 4.78 is 8.30. The largest absolute Gasteiger partial charge is 0.451 e. The zero-order valence-electron chi connectivity index (χ0n) is 15.5. The van der Waals surface area contributed by atoms with Crippen molar-refractivity contribution in [1.29, 1.82) is 0 Å². The van der Waals surface area contributed by atoms with Crippen molar-refractivity contribution in [3.63, 3.8) is 0 Å². The van der Waals surface area contributed by atoms with E-state index in [9.17, 15) is 4.79 Å². The average Bonchev–Trinajstić information content (AvgIpc) is 3.36. The van der Waals surface area contributed by atoms with Gasteiger partial charge in [-0.15, -0.1) is 10.2 Å². The molecule has 146 valence electrons. The van der Waals surface area contributed by atoms with Crippen LogP contribution in [0.4, 0.5) is 0 Å². The number of nitrogens with one attached hydrogen (secondary N) is 1. The highest BCUT2D eigenvalue weighted by Crippen LogP contribution is 2.25. The van der Waals surface area contributed by atoms with Gasteiger partial charge in [-0.2, -0.15) is 0 Å². The van der Waals surface area contributed by atoms with E-state index in [1.807, 2.05) is 54.6 Å². The van der Waals surface area contributed by atoms with Gasteiger partial charge in [0, 0.05) is 15.8 Å². The van der Waals surface area contributed by atoms with E-state index in [1.165, 1.54) is 17.3 Å². The molecule has 0 aliphatic carbocycles. The number of aromatic nitrogens is 3. The maximum Gasteiger partial charge on any atom is 0.305 e. The van der Waals surface area contributed by atoms with E-state index in [2.05, 4.69) is 31.6 Å². The first-order chi connectivity index (χ1) is 14.1. The van der Waals surface area contributed by atoms with Crippen molar-refractivity contribution in [1.82, 2.24) is 14.9 Å². The Morgan fingerprint density at radius 1 is 1.07 bits per heavy atom. The Labute approximate surface area is 180 Å². The first-order valence-electron chi connectivity index (χ1n) is 8.86. The van der Waals surface area contributed by atoms with Crippen LogP contribution in [0.5, 0.6) is 0 Å². The second-order valence-corrected chi connectivity index (χ2v) is 8.11. The van der Waals surface area contributed by atoms with Crippen LogP contribution in [0.25, 0.3) is 11.3 Å². The first-order valence-corrected chi connectivity index (χ1v) is 10.6. The van der Waals surface area contributed by atoms with E-state index in [1.54, 1.807) is 23.7 Å². The number of aryl methyl sites for hydroxylation is 1. The summed E-state index contributed by atoms with van der Waals surface area (Å²) >= 11 is 4.91. The smallest absolute Gasteiger partial charge is 0.305 e. The van der Waals surface area contributed by atoms with Crippen LogP contribution < -0.4 is 5.43 Å². The summed E-state index contributed by atoms with van der Waals surface area (Å²) in [4.78, 5) is 12.7. The highest BCUT2D eigenvalue weighted by molar-refractivity contribution is 9.10. The van der Waals surface area contributed by atoms with Crippen molar-refractivity contribution < 1.29 is 9.21 Å². The number of furan rings is 1. The Bertz CT molecular complexity index is 1120. The van der Waals surface area contributed by atoms with Gasteiger partial charge in [0.2, 0.25) is 5.16 Å². The van der Waals surface area contributed by atoms with Crippen molar-refractivity contribution in [2.24, 2.45) is 0 Å². The quantitative estimate of drug-likeness (QED) is 0.389. The summed E-state index contributed by atoms with van der Waals surface area (Å²) in [5.41, 5.74) is 4.88. The molecule has 0 unspecified atom stereocenters. The summed E-state index contributed by atoms with van der Waals surface area (Å²) in [5.74, 6) is 1.80. The van der Waals surface area contributed by atoms with Gasteiger partial charge in [0.1, 0.15) is 11.6 Å². The second kappa shape index (κ2) is 8.67. The molecular weight excluding hydrogens is 452 g/mol. The minimum absolute atomic E-state index is 0.218. The molecule has 29 heavy (non-hydrogen) atoms. The Balaban J connectivity index is 1.47. The fraction of sp³-hybridized carbons (Fsp3) is 0.0952. The van der Waals surface area contributed by atoms with Crippen LogP contribution in [0.3, 0.4) is 0 Å². The Morgan fingerprint density at radius 2 is 1.83 bits per heavy atom. The second-order valence-electron chi connectivity index (χ2n) is 6.25. The lowest BCUT2D eigenvalue weighted by molar-refractivity contribution is 0.0980. The fourth-order valence-corrected chi connectivity index (χ4v) is 3.83. The molecule has 1 amide bonds. The van der Waals surface area contributed by atoms with E-state index in [4.69, 9.17) is 4.42 Å². The lowest BCUT2D eigenvalue weighted by Gasteiger charge is -2.09. The Morgan fingerprint density at radius 3 is 2.59 bits per heavy atom. The van der Waals surface area contributed by atoms with Crippen LogP contribution in [-0.4, -0.2) is 20.8 Å². The molecule has 0 radical (unpaired) electrons. The third kappa shape index (κ3) is 4.60. The summed E-state index contributed by atoms with van der Waals surface area (Å²) in [6.07, 6.45) is 0. The SMILES string of the molecule is Cc1nnc(SCc2ccccc2)n1NC(=O)c1ccc(-c2ccc(Br)cc2)o1. The number of carbonyl (C=O) groups is 1. The predicted molar refractivity (Wildman–Crippen MR) is 116 cm³/mol. The Hall–Kier alpha value is -2.84. The highest BCUT2D eigenvalue weighted by Gasteiger charge is 2.17. The van der Waals surface area contributed by atoms with Crippen LogP contribution in [0.2, 0.25) is 0 Å². The molecule has 0 atom stereocenters. The van der Waals surface area contributed by atoms with Crippen LogP contribution in [0.15, 0.2) is 80.8 Å². The van der Waals surface area contributed by atoms with Crippen molar-refractivity contribution in [2.75, 3.05) is 5.43 Å². The van der Waals surface area contributed by atoms with Crippen molar-refractivity contribution in [3.8, 4) is 11.3 Å². The van der Waals surface area contributed by atoms with E-state index < -0.39 is 0 Å². The lowest BCUT2D eigenvalue weighted by Crippen LogP contribution is -2.24. The standard InChI is InChI=1S/C21H17BrN4O2S/c1-14-23-24-21(29-13-15-5-3-2-4-6-15)26(14)25-20(27)19-12-11-18(28-19)16-7-9-17(22)10-8-16/h2-12H,13H2,1H3,(H,25,27). The van der Waals surface area contributed by atoms with Crippen molar-refractivity contribution in [3.05, 3.63) is 88.4 Å². The molecule has 2 aromatic carbocycles. The number of thioether (sulfide) groups is 1. The highest BCUT2D eigenvalue weighted by atomic mass is 79.9. The number of benzene rings is 2. The van der Waals surface area contributed by atoms with E-state index >= 15 is 0 Å². The van der Waals surface area contributed by atoms with Gasteiger partial charge < -0.3 is 4.42 Å². The van der Waals surface area contributed by atoms with Gasteiger partial charge in [0.15, 0.2) is 5.76 Å². The van der Waals surface area contributed by atoms with Gasteiger partial charge in [0.05, 0.1) is 0 Å². The summed E-state index contributed by atoms with van der Waals surface area (Å²) in [6.45, 7) is 1.79. The predicted octanol–water partition coefficient (Wildman–Crippen LogP) is 5.29. The number of halogens is 1. The normalized spacial score (nSPS) is 10.8. The van der Waals surface area contributed by atoms with E-state index in [0.29, 0.717) is 16.7 Å². The molecule has 4 rings (SSSR count). The average molecular weight is 469 g/mol. The third-order valence-corrected chi connectivity index (χ3v) is 5.71. The zero-order chi connectivity index (χ0) is 20.2. The van der Waals surface area contributed by atoms with Crippen LogP contribution in [-0.2, 0) is 5.75 Å². The zero-order valence-corrected chi connectivity index (χ0v) is 17.9. The first kappa shape index (κ1) is 19.5. The van der Waals surface area contributed by atoms with Gasteiger partial charge in [-0.1, -0.05) is 70.2 Å². The van der Waals surface area contributed by atoms with Crippen molar-refractivity contribution in [2.45, 2.75) is 17.8 Å². The number of carbonyl (C=O) groups excluding carboxylic acids is 1. The maximum absolute atomic E-state index is 12.7. The topological polar surface area (TPSA) is 73.0 Å². The molecule has 0 bridgehead atoms. The van der Waals surface area contributed by atoms with Crippen LogP contribution in [0, 0.1) is 6.92 Å². The fourth-order valence-electron chi connectivity index (χ4n) is 2.67. The third-order valence-electron chi connectivity index (χ3n) is 4.18. The summed E-state index contributed by atoms with van der Waals surface area (Å²) in [5, 5.41) is 8.85. The molecular formula is C21H17BrN4O2S. The van der Waals surface area contributed by atoms with Crippen LogP contribution >= 0.6 is 27.7 Å². The molecule has 0 fully saturated rings. The molecule has 1 N–H and O–H groups in total. The van der Waals surface area contributed by atoms with Gasteiger partial charge in [-0.3, -0.25) is 10.2 Å². The summed E-state index contributed by atoms with van der Waals surface area (Å²) in [6, 6.07) is 21.2. The minimum atomic E-state index is -0.363. The molecule has 0 saturated carbocycles.